The molecular formula is C14H15N3O. The van der Waals surface area contributed by atoms with Crippen LogP contribution in [0.3, 0.4) is 0 Å². The molecule has 18 heavy (non-hydrogen) atoms. The molecule has 0 amide bonds. The molecule has 2 heterocycles. The number of ketones is 1. The third-order valence-corrected chi connectivity index (χ3v) is 3.51. The van der Waals surface area contributed by atoms with Crippen molar-refractivity contribution < 1.29 is 4.79 Å². The SMILES string of the molecule is C=CCn1cc2c3c1C(=O)C(N)=CC3N(C)C=C2. The maximum Gasteiger partial charge on any atom is 0.225 e. The quantitative estimate of drug-likeness (QED) is 0.801. The second-order valence-electron chi connectivity index (χ2n) is 4.66. The van der Waals surface area contributed by atoms with E-state index in [0.717, 1.165) is 11.1 Å². The Bertz CT molecular complexity index is 607. The summed E-state index contributed by atoms with van der Waals surface area (Å²) in [5.74, 6) is -0.0851. The van der Waals surface area contributed by atoms with Crippen LogP contribution < -0.4 is 5.73 Å². The Labute approximate surface area is 106 Å². The van der Waals surface area contributed by atoms with Gasteiger partial charge in [0.05, 0.1) is 17.4 Å². The summed E-state index contributed by atoms with van der Waals surface area (Å²) in [4.78, 5) is 14.3. The van der Waals surface area contributed by atoms with Gasteiger partial charge in [-0.05, 0) is 17.7 Å². The maximum atomic E-state index is 12.2. The van der Waals surface area contributed by atoms with Crippen LogP contribution >= 0.6 is 0 Å². The Kier molecular flexibility index (Phi) is 2.20. The van der Waals surface area contributed by atoms with Gasteiger partial charge in [0.15, 0.2) is 0 Å². The van der Waals surface area contributed by atoms with Gasteiger partial charge in [0.2, 0.25) is 5.78 Å². The lowest BCUT2D eigenvalue weighted by atomic mass is 9.90. The van der Waals surface area contributed by atoms with Crippen LogP contribution in [0.1, 0.15) is 27.7 Å². The van der Waals surface area contributed by atoms with Crippen LogP contribution in [0.25, 0.3) is 6.08 Å². The Morgan fingerprint density at radius 2 is 2.33 bits per heavy atom. The van der Waals surface area contributed by atoms with Crippen LogP contribution in [0.2, 0.25) is 0 Å². The largest absolute Gasteiger partial charge is 0.396 e. The van der Waals surface area contributed by atoms with Gasteiger partial charge in [0, 0.05) is 31.6 Å². The van der Waals surface area contributed by atoms with Crippen molar-refractivity contribution in [2.24, 2.45) is 5.73 Å². The average Bonchev–Trinajstić information content (AvgIpc) is 2.70. The maximum absolute atomic E-state index is 12.2. The van der Waals surface area contributed by atoms with Gasteiger partial charge in [-0.2, -0.15) is 0 Å². The molecule has 2 aliphatic rings. The fraction of sp³-hybridized carbons (Fsp3) is 0.214. The van der Waals surface area contributed by atoms with Gasteiger partial charge in [-0.25, -0.2) is 0 Å². The summed E-state index contributed by atoms with van der Waals surface area (Å²) in [6.07, 6.45) is 9.64. The third-order valence-electron chi connectivity index (χ3n) is 3.51. The van der Waals surface area contributed by atoms with Crippen LogP contribution in [0.15, 0.2) is 36.8 Å². The summed E-state index contributed by atoms with van der Waals surface area (Å²) in [7, 11) is 1.98. The van der Waals surface area contributed by atoms with Crippen molar-refractivity contribution in [3.8, 4) is 0 Å². The molecule has 1 atom stereocenters. The average molecular weight is 241 g/mol. The zero-order valence-electron chi connectivity index (χ0n) is 10.3. The highest BCUT2D eigenvalue weighted by molar-refractivity contribution is 6.10. The molecule has 2 N–H and O–H groups in total. The van der Waals surface area contributed by atoms with Crippen molar-refractivity contribution in [1.82, 2.24) is 9.47 Å². The molecule has 4 heteroatoms. The fourth-order valence-corrected chi connectivity index (χ4v) is 2.65. The van der Waals surface area contributed by atoms with Crippen LogP contribution in [-0.4, -0.2) is 22.3 Å². The minimum Gasteiger partial charge on any atom is -0.396 e. The van der Waals surface area contributed by atoms with Crippen molar-refractivity contribution in [2.45, 2.75) is 12.6 Å². The van der Waals surface area contributed by atoms with Crippen LogP contribution in [-0.2, 0) is 6.54 Å². The van der Waals surface area contributed by atoms with Gasteiger partial charge in [0.25, 0.3) is 0 Å². The first-order chi connectivity index (χ1) is 8.63. The number of allylic oxidation sites excluding steroid dienone is 2. The van der Waals surface area contributed by atoms with E-state index in [2.05, 4.69) is 11.5 Å². The van der Waals surface area contributed by atoms with Gasteiger partial charge < -0.3 is 15.2 Å². The first-order valence-corrected chi connectivity index (χ1v) is 5.89. The summed E-state index contributed by atoms with van der Waals surface area (Å²) in [6, 6.07) is 0.0590. The molecule has 0 spiro atoms. The Morgan fingerprint density at radius 1 is 1.56 bits per heavy atom. The first kappa shape index (κ1) is 10.9. The Morgan fingerprint density at radius 3 is 3.06 bits per heavy atom. The Balaban J connectivity index is 2.27. The van der Waals surface area contributed by atoms with Crippen LogP contribution in [0.5, 0.6) is 0 Å². The van der Waals surface area contributed by atoms with Gasteiger partial charge in [-0.15, -0.1) is 6.58 Å². The zero-order valence-corrected chi connectivity index (χ0v) is 10.3. The molecule has 1 aliphatic carbocycles. The van der Waals surface area contributed by atoms with E-state index in [1.54, 1.807) is 6.08 Å². The third kappa shape index (κ3) is 1.29. The number of hydrogen-bond donors (Lipinski definition) is 1. The normalized spacial score (nSPS) is 20.7. The number of hydrogen-bond acceptors (Lipinski definition) is 3. The number of rotatable bonds is 2. The molecule has 0 fully saturated rings. The highest BCUT2D eigenvalue weighted by Crippen LogP contribution is 2.38. The molecule has 1 aromatic rings. The number of nitrogens with zero attached hydrogens (tertiary/aromatic N) is 2. The first-order valence-electron chi connectivity index (χ1n) is 5.89. The second kappa shape index (κ2) is 3.63. The van der Waals surface area contributed by atoms with Crippen molar-refractivity contribution in [1.29, 1.82) is 0 Å². The van der Waals surface area contributed by atoms with E-state index in [0.29, 0.717) is 17.9 Å². The van der Waals surface area contributed by atoms with Crippen molar-refractivity contribution >= 4 is 11.9 Å². The van der Waals surface area contributed by atoms with Crippen LogP contribution in [0.4, 0.5) is 0 Å². The number of likely N-dealkylation sites (N-methyl/N-ethyl adjacent to an activating group) is 1. The standard InChI is InChI=1S/C14H15N3O/c1-3-5-17-8-9-4-6-16(2)11-7-10(15)14(18)13(17)12(9)11/h3-4,6-8,11H,1,5,15H2,2H3. The lowest BCUT2D eigenvalue weighted by molar-refractivity contribution is 0.101. The molecule has 0 radical (unpaired) electrons. The van der Waals surface area contributed by atoms with E-state index < -0.39 is 0 Å². The molecule has 92 valence electrons. The molecule has 1 unspecified atom stereocenters. The molecular weight excluding hydrogens is 226 g/mol. The molecule has 0 bridgehead atoms. The predicted octanol–water partition coefficient (Wildman–Crippen LogP) is 1.67. The summed E-state index contributed by atoms with van der Waals surface area (Å²) < 4.78 is 1.93. The molecule has 4 nitrogen and oxygen atoms in total. The van der Waals surface area contributed by atoms with Crippen LogP contribution in [0, 0.1) is 0 Å². The molecule has 3 rings (SSSR count). The summed E-state index contributed by atoms with van der Waals surface area (Å²) in [5, 5.41) is 0. The van der Waals surface area contributed by atoms with E-state index >= 15 is 0 Å². The molecule has 0 saturated carbocycles. The van der Waals surface area contributed by atoms with E-state index in [-0.39, 0.29) is 11.8 Å². The summed E-state index contributed by atoms with van der Waals surface area (Å²) >= 11 is 0. The second-order valence-corrected chi connectivity index (χ2v) is 4.66. The lowest BCUT2D eigenvalue weighted by Crippen LogP contribution is -2.30. The Hall–Kier alpha value is -2.23. The smallest absolute Gasteiger partial charge is 0.225 e. The number of Topliss-reactive ketones (excluding diaryl/α,β-unsaturated/α-hetero) is 1. The van der Waals surface area contributed by atoms with E-state index in [1.807, 2.05) is 36.2 Å². The van der Waals surface area contributed by atoms with E-state index in [1.165, 1.54) is 0 Å². The van der Waals surface area contributed by atoms with Gasteiger partial charge in [-0.1, -0.05) is 6.08 Å². The monoisotopic (exact) mass is 241 g/mol. The molecule has 0 aromatic carbocycles. The fourth-order valence-electron chi connectivity index (χ4n) is 2.65. The van der Waals surface area contributed by atoms with Crippen molar-refractivity contribution in [3.05, 3.63) is 53.6 Å². The minimum absolute atomic E-state index is 0.0590. The molecule has 0 saturated heterocycles. The van der Waals surface area contributed by atoms with Crippen molar-refractivity contribution in [3.63, 3.8) is 0 Å². The number of aromatic nitrogens is 1. The molecule has 1 aromatic heterocycles. The summed E-state index contributed by atoms with van der Waals surface area (Å²) in [6.45, 7) is 4.34. The van der Waals surface area contributed by atoms with Gasteiger partial charge in [0.1, 0.15) is 0 Å². The summed E-state index contributed by atoms with van der Waals surface area (Å²) in [5.41, 5.74) is 9.01. The van der Waals surface area contributed by atoms with Gasteiger partial charge in [-0.3, -0.25) is 4.79 Å². The highest BCUT2D eigenvalue weighted by atomic mass is 16.1. The van der Waals surface area contributed by atoms with E-state index in [9.17, 15) is 4.79 Å². The van der Waals surface area contributed by atoms with Crippen molar-refractivity contribution in [2.75, 3.05) is 7.05 Å². The molecule has 1 aliphatic heterocycles. The number of nitrogens with two attached hydrogens (primary N) is 1. The number of carbonyl (C=O) groups is 1. The number of carbonyl (C=O) groups excluding carboxylic acids is 1. The lowest BCUT2D eigenvalue weighted by Gasteiger charge is -2.31. The highest BCUT2D eigenvalue weighted by Gasteiger charge is 2.34. The minimum atomic E-state index is -0.0851. The topological polar surface area (TPSA) is 51.3 Å². The predicted molar refractivity (Wildman–Crippen MR) is 70.8 cm³/mol. The van der Waals surface area contributed by atoms with Gasteiger partial charge >= 0.3 is 0 Å². The van der Waals surface area contributed by atoms with E-state index in [4.69, 9.17) is 5.73 Å². The zero-order chi connectivity index (χ0) is 12.9.